The number of halogens is 1. The van der Waals surface area contributed by atoms with Gasteiger partial charge in [0.2, 0.25) is 0 Å². The Morgan fingerprint density at radius 1 is 1.20 bits per heavy atom. The first kappa shape index (κ1) is 14.8. The van der Waals surface area contributed by atoms with Crippen molar-refractivity contribution in [2.45, 2.75) is 0 Å². The predicted molar refractivity (Wildman–Crippen MR) is 87.0 cm³/mol. The number of amides is 1. The molecule has 0 saturated heterocycles. The van der Waals surface area contributed by atoms with Crippen LogP contribution in [0.1, 0.15) is 10.5 Å². The third-order valence-corrected chi connectivity index (χ3v) is 3.60. The van der Waals surface area contributed by atoms with Crippen LogP contribution in [-0.2, 0) is 0 Å². The van der Waals surface area contributed by atoms with E-state index in [-0.39, 0.29) is 17.3 Å². The van der Waals surface area contributed by atoms with Gasteiger partial charge in [0, 0.05) is 11.5 Å². The molecule has 0 aliphatic rings. The number of anilines is 1. The van der Waals surface area contributed by atoms with Gasteiger partial charge >= 0.3 is 0 Å². The number of phenolic OH excluding ortho intramolecular Hbond substituents is 1. The monoisotopic (exact) mass is 338 g/mol. The number of hydrogen-bond donors (Lipinski definition) is 3. The van der Waals surface area contributed by atoms with Crippen LogP contribution in [0.5, 0.6) is 5.75 Å². The summed E-state index contributed by atoms with van der Waals surface area (Å²) in [4.78, 5) is 12.3. The van der Waals surface area contributed by atoms with Crippen LogP contribution in [0.15, 0.2) is 48.7 Å². The molecule has 0 atom stereocenters. The second-order valence-corrected chi connectivity index (χ2v) is 5.28. The van der Waals surface area contributed by atoms with Gasteiger partial charge in [0.25, 0.3) is 5.91 Å². The van der Waals surface area contributed by atoms with E-state index in [1.165, 1.54) is 47.3 Å². The lowest BCUT2D eigenvalue weighted by molar-refractivity contribution is 0.102. The topological polar surface area (TPSA) is 109 Å². The van der Waals surface area contributed by atoms with E-state index in [0.717, 1.165) is 0 Å². The Bertz CT molecular complexity index is 1070. The summed E-state index contributed by atoms with van der Waals surface area (Å²) >= 11 is 0. The second-order valence-electron chi connectivity index (χ2n) is 5.28. The number of aromatic amines is 1. The number of aromatic hydroxyl groups is 1. The average molecular weight is 338 g/mol. The number of carbonyl (C=O) groups is 1. The number of nitrogens with zero attached hydrogens (tertiary/aromatic N) is 4. The molecule has 4 rings (SSSR count). The van der Waals surface area contributed by atoms with Crippen LogP contribution < -0.4 is 5.32 Å². The van der Waals surface area contributed by atoms with Gasteiger partial charge in [-0.3, -0.25) is 9.89 Å². The van der Waals surface area contributed by atoms with E-state index in [2.05, 4.69) is 25.8 Å². The number of carbonyl (C=O) groups excluding carboxylic acids is 1. The largest absolute Gasteiger partial charge is 0.508 e. The van der Waals surface area contributed by atoms with Crippen LogP contribution in [-0.4, -0.2) is 36.2 Å². The summed E-state index contributed by atoms with van der Waals surface area (Å²) in [6.45, 7) is 0. The molecule has 8 nitrogen and oxygen atoms in total. The molecule has 2 aromatic heterocycles. The molecule has 3 N–H and O–H groups in total. The van der Waals surface area contributed by atoms with Gasteiger partial charge in [0.15, 0.2) is 11.5 Å². The number of rotatable bonds is 3. The zero-order chi connectivity index (χ0) is 17.4. The smallest absolute Gasteiger partial charge is 0.279 e. The molecule has 0 aliphatic carbocycles. The number of hydrogen-bond acceptors (Lipinski definition) is 5. The van der Waals surface area contributed by atoms with Crippen molar-refractivity contribution in [1.29, 1.82) is 0 Å². The lowest BCUT2D eigenvalue weighted by atomic mass is 10.2. The molecular formula is C16H11FN6O2. The van der Waals surface area contributed by atoms with Crippen molar-refractivity contribution in [2.24, 2.45) is 0 Å². The van der Waals surface area contributed by atoms with Gasteiger partial charge in [0.05, 0.1) is 17.4 Å². The number of fused-ring (bicyclic) bond motifs is 1. The van der Waals surface area contributed by atoms with Crippen LogP contribution in [0.3, 0.4) is 0 Å². The highest BCUT2D eigenvalue weighted by atomic mass is 19.1. The molecule has 0 fully saturated rings. The number of aromatic nitrogens is 5. The molecule has 0 unspecified atom stereocenters. The quantitative estimate of drug-likeness (QED) is 0.531. The zero-order valence-electron chi connectivity index (χ0n) is 12.6. The summed E-state index contributed by atoms with van der Waals surface area (Å²) in [5, 5.41) is 27.1. The Hall–Kier alpha value is -3.75. The molecule has 0 radical (unpaired) electrons. The van der Waals surface area contributed by atoms with E-state index in [1.54, 1.807) is 6.07 Å². The minimum Gasteiger partial charge on any atom is -0.508 e. The first-order chi connectivity index (χ1) is 12.1. The molecule has 0 aliphatic heterocycles. The third kappa shape index (κ3) is 2.78. The first-order valence-corrected chi connectivity index (χ1v) is 7.27. The molecule has 1 amide bonds. The van der Waals surface area contributed by atoms with Crippen molar-refractivity contribution < 1.29 is 14.3 Å². The van der Waals surface area contributed by atoms with Crippen molar-refractivity contribution in [1.82, 2.24) is 25.2 Å². The molecule has 4 aromatic rings. The summed E-state index contributed by atoms with van der Waals surface area (Å²) in [6, 6.07) is 10.3. The van der Waals surface area contributed by atoms with E-state index in [9.17, 15) is 14.3 Å². The van der Waals surface area contributed by atoms with Crippen LogP contribution in [0.2, 0.25) is 0 Å². The standard InChI is InChI=1S/C16H11FN6O2/c17-9-1-3-10(4-2-9)23-8-14(20-22-23)16(25)18-15-12-6-5-11(24)7-13(12)19-21-15/h1-8,24H,(H2,18,19,21,25). The normalized spacial score (nSPS) is 10.9. The number of phenols is 1. The van der Waals surface area contributed by atoms with Crippen LogP contribution >= 0.6 is 0 Å². The van der Waals surface area contributed by atoms with Gasteiger partial charge < -0.3 is 10.4 Å². The fourth-order valence-corrected chi connectivity index (χ4v) is 2.36. The fraction of sp³-hybridized carbons (Fsp3) is 0. The molecule has 124 valence electrons. The lowest BCUT2D eigenvalue weighted by Crippen LogP contribution is -2.13. The molecule has 0 spiro atoms. The first-order valence-electron chi connectivity index (χ1n) is 7.27. The van der Waals surface area contributed by atoms with E-state index < -0.39 is 5.91 Å². The summed E-state index contributed by atoms with van der Waals surface area (Å²) < 4.78 is 14.3. The van der Waals surface area contributed by atoms with Crippen LogP contribution in [0.4, 0.5) is 10.2 Å². The van der Waals surface area contributed by atoms with E-state index in [1.807, 2.05) is 0 Å². The average Bonchev–Trinajstić information content (AvgIpc) is 3.23. The number of nitrogens with one attached hydrogen (secondary N) is 2. The van der Waals surface area contributed by atoms with E-state index >= 15 is 0 Å². The number of H-pyrrole nitrogens is 1. The molecule has 25 heavy (non-hydrogen) atoms. The summed E-state index contributed by atoms with van der Waals surface area (Å²) in [6.07, 6.45) is 1.43. The Morgan fingerprint density at radius 3 is 2.80 bits per heavy atom. The highest BCUT2D eigenvalue weighted by molar-refractivity contribution is 6.06. The molecule has 9 heteroatoms. The van der Waals surface area contributed by atoms with Gasteiger partial charge in [-0.05, 0) is 36.4 Å². The van der Waals surface area contributed by atoms with Crippen molar-refractivity contribution in [3.05, 3.63) is 60.2 Å². The molecule has 0 bridgehead atoms. The summed E-state index contributed by atoms with van der Waals surface area (Å²) in [5.41, 5.74) is 1.25. The second kappa shape index (κ2) is 5.71. The van der Waals surface area contributed by atoms with E-state index in [0.29, 0.717) is 22.4 Å². The maximum absolute atomic E-state index is 13.0. The van der Waals surface area contributed by atoms with Gasteiger partial charge in [-0.2, -0.15) is 5.10 Å². The zero-order valence-corrected chi connectivity index (χ0v) is 12.6. The minimum absolute atomic E-state index is 0.0826. The lowest BCUT2D eigenvalue weighted by Gasteiger charge is -2.00. The van der Waals surface area contributed by atoms with Crippen molar-refractivity contribution in [3.8, 4) is 11.4 Å². The molecule has 2 aromatic carbocycles. The minimum atomic E-state index is -0.491. The van der Waals surface area contributed by atoms with E-state index in [4.69, 9.17) is 0 Å². The van der Waals surface area contributed by atoms with Gasteiger partial charge in [-0.15, -0.1) is 5.10 Å². The molecule has 2 heterocycles. The van der Waals surface area contributed by atoms with Crippen LogP contribution in [0, 0.1) is 5.82 Å². The Labute approximate surface area is 139 Å². The van der Waals surface area contributed by atoms with Crippen LogP contribution in [0.25, 0.3) is 16.6 Å². The van der Waals surface area contributed by atoms with Crippen molar-refractivity contribution in [2.75, 3.05) is 5.32 Å². The molecular weight excluding hydrogens is 327 g/mol. The Kier molecular flexibility index (Phi) is 3.38. The molecule has 0 saturated carbocycles. The fourth-order valence-electron chi connectivity index (χ4n) is 2.36. The third-order valence-electron chi connectivity index (χ3n) is 3.60. The maximum atomic E-state index is 13.0. The van der Waals surface area contributed by atoms with Crippen molar-refractivity contribution in [3.63, 3.8) is 0 Å². The van der Waals surface area contributed by atoms with Crippen molar-refractivity contribution >= 4 is 22.6 Å². The summed E-state index contributed by atoms with van der Waals surface area (Å²) in [5.74, 6) is -0.444. The maximum Gasteiger partial charge on any atom is 0.279 e. The highest BCUT2D eigenvalue weighted by Gasteiger charge is 2.15. The number of benzene rings is 2. The predicted octanol–water partition coefficient (Wildman–Crippen LogP) is 2.24. The van der Waals surface area contributed by atoms with Gasteiger partial charge in [-0.25, -0.2) is 9.07 Å². The SMILES string of the molecule is O=C(Nc1n[nH]c2cc(O)ccc12)c1cn(-c2ccc(F)cc2)nn1. The summed E-state index contributed by atoms with van der Waals surface area (Å²) in [7, 11) is 0. The Morgan fingerprint density at radius 2 is 2.00 bits per heavy atom. The van der Waals surface area contributed by atoms with Gasteiger partial charge in [-0.1, -0.05) is 5.21 Å². The Balaban J connectivity index is 1.58. The highest BCUT2D eigenvalue weighted by Crippen LogP contribution is 2.24. The van der Waals surface area contributed by atoms with Gasteiger partial charge in [0.1, 0.15) is 11.6 Å².